The molecule has 0 amide bonds. The molecule has 0 aliphatic carbocycles. The molecule has 2 N–H and O–H groups in total. The molecule has 0 unspecified atom stereocenters. The number of hydrogen-bond donors (Lipinski definition) is 2. The van der Waals surface area contributed by atoms with Gasteiger partial charge in [-0.05, 0) is 6.07 Å². The average Bonchev–Trinajstić information content (AvgIpc) is 3.25. The summed E-state index contributed by atoms with van der Waals surface area (Å²) in [5.74, 6) is 0.819. The van der Waals surface area contributed by atoms with E-state index in [0.29, 0.717) is 13.1 Å². The Kier molecular flexibility index (Phi) is 3.44. The number of rotatable bonds is 5. The molecule has 4 rings (SSSR count). The lowest BCUT2D eigenvalue weighted by molar-refractivity contribution is 0.608. The molecule has 114 valence electrons. The quantitative estimate of drug-likeness (QED) is 0.591. The molecule has 0 fully saturated rings. The number of anilines is 1. The number of nitrogens with zero attached hydrogens (tertiary/aromatic N) is 5. The van der Waals surface area contributed by atoms with Gasteiger partial charge in [0.2, 0.25) is 0 Å². The van der Waals surface area contributed by atoms with Gasteiger partial charge in [0.05, 0.1) is 18.1 Å². The van der Waals surface area contributed by atoms with Crippen molar-refractivity contribution < 1.29 is 0 Å². The molecule has 0 saturated carbocycles. The first-order valence-corrected chi connectivity index (χ1v) is 7.38. The molecule has 0 radical (unpaired) electrons. The van der Waals surface area contributed by atoms with Crippen molar-refractivity contribution in [2.75, 3.05) is 11.9 Å². The van der Waals surface area contributed by atoms with E-state index in [9.17, 15) is 0 Å². The van der Waals surface area contributed by atoms with Crippen molar-refractivity contribution in [1.82, 2.24) is 29.9 Å². The zero-order chi connectivity index (χ0) is 15.5. The molecule has 0 bridgehead atoms. The number of aromatic amines is 1. The third-order valence-corrected chi connectivity index (χ3v) is 3.60. The van der Waals surface area contributed by atoms with Crippen LogP contribution >= 0.6 is 0 Å². The van der Waals surface area contributed by atoms with Gasteiger partial charge >= 0.3 is 0 Å². The van der Waals surface area contributed by atoms with Crippen molar-refractivity contribution in [2.45, 2.75) is 6.54 Å². The minimum Gasteiger partial charge on any atom is -0.368 e. The Morgan fingerprint density at radius 3 is 2.91 bits per heavy atom. The molecule has 7 nitrogen and oxygen atoms in total. The molecule has 3 heterocycles. The molecular formula is C16H15N7. The standard InChI is InChI=1S/C16H15N7/c1-2-4-12(5-3-1)14-10-23(22-21-14)9-8-18-16-13-6-7-17-15(13)19-11-20-16/h1-7,10-11H,8-9H2,(H2,17,18,19,20). The first kappa shape index (κ1) is 13.4. The van der Waals surface area contributed by atoms with Crippen molar-refractivity contribution in [1.29, 1.82) is 0 Å². The van der Waals surface area contributed by atoms with Crippen LogP contribution in [-0.4, -0.2) is 36.5 Å². The van der Waals surface area contributed by atoms with Gasteiger partial charge in [0.1, 0.15) is 23.5 Å². The Labute approximate surface area is 132 Å². The van der Waals surface area contributed by atoms with E-state index in [1.54, 1.807) is 6.33 Å². The second-order valence-corrected chi connectivity index (χ2v) is 5.12. The van der Waals surface area contributed by atoms with Crippen LogP contribution in [0.3, 0.4) is 0 Å². The summed E-state index contributed by atoms with van der Waals surface area (Å²) in [6.07, 6.45) is 5.35. The minimum absolute atomic E-state index is 0.703. The Balaban J connectivity index is 1.42. The molecule has 0 aliphatic heterocycles. The number of nitrogens with one attached hydrogen (secondary N) is 2. The Bertz CT molecular complexity index is 910. The minimum atomic E-state index is 0.703. The van der Waals surface area contributed by atoms with Crippen LogP contribution in [-0.2, 0) is 6.54 Å². The maximum absolute atomic E-state index is 4.28. The highest BCUT2D eigenvalue weighted by Gasteiger charge is 2.05. The molecule has 0 spiro atoms. The second kappa shape index (κ2) is 5.88. The highest BCUT2D eigenvalue weighted by molar-refractivity contribution is 5.86. The Morgan fingerprint density at radius 2 is 2.00 bits per heavy atom. The van der Waals surface area contributed by atoms with Gasteiger partial charge in [0.25, 0.3) is 0 Å². The van der Waals surface area contributed by atoms with Crippen LogP contribution in [0.25, 0.3) is 22.3 Å². The summed E-state index contributed by atoms with van der Waals surface area (Å²) in [7, 11) is 0. The normalized spacial score (nSPS) is 11.0. The summed E-state index contributed by atoms with van der Waals surface area (Å²) >= 11 is 0. The molecule has 0 saturated heterocycles. The maximum atomic E-state index is 4.28. The number of benzene rings is 1. The van der Waals surface area contributed by atoms with Crippen molar-refractivity contribution in [3.63, 3.8) is 0 Å². The van der Waals surface area contributed by atoms with E-state index in [2.05, 4.69) is 30.6 Å². The highest BCUT2D eigenvalue weighted by Crippen LogP contribution is 2.17. The van der Waals surface area contributed by atoms with Crippen LogP contribution in [0.5, 0.6) is 0 Å². The van der Waals surface area contributed by atoms with Crippen molar-refractivity contribution >= 4 is 16.9 Å². The van der Waals surface area contributed by atoms with Gasteiger partial charge in [-0.2, -0.15) is 0 Å². The molecule has 1 aromatic carbocycles. The fourth-order valence-electron chi connectivity index (χ4n) is 2.45. The maximum Gasteiger partial charge on any atom is 0.142 e. The smallest absolute Gasteiger partial charge is 0.142 e. The van der Waals surface area contributed by atoms with E-state index in [4.69, 9.17) is 0 Å². The molecular weight excluding hydrogens is 290 g/mol. The Hall–Kier alpha value is -3.22. The van der Waals surface area contributed by atoms with Crippen molar-refractivity contribution in [3.8, 4) is 11.3 Å². The van der Waals surface area contributed by atoms with E-state index in [-0.39, 0.29) is 0 Å². The lowest BCUT2D eigenvalue weighted by Gasteiger charge is -2.05. The summed E-state index contributed by atoms with van der Waals surface area (Å²) in [5, 5.41) is 12.7. The first-order chi connectivity index (χ1) is 11.4. The van der Waals surface area contributed by atoms with Crippen molar-refractivity contribution in [3.05, 3.63) is 55.1 Å². The predicted octanol–water partition coefficient (Wildman–Crippen LogP) is 2.33. The van der Waals surface area contributed by atoms with Gasteiger partial charge in [-0.25, -0.2) is 9.97 Å². The summed E-state index contributed by atoms with van der Waals surface area (Å²) in [4.78, 5) is 11.5. The molecule has 0 atom stereocenters. The predicted molar refractivity (Wildman–Crippen MR) is 87.8 cm³/mol. The van der Waals surface area contributed by atoms with E-state index >= 15 is 0 Å². The molecule has 23 heavy (non-hydrogen) atoms. The van der Waals surface area contributed by atoms with Crippen LogP contribution in [0, 0.1) is 0 Å². The van der Waals surface area contributed by atoms with E-state index in [0.717, 1.165) is 28.1 Å². The SMILES string of the molecule is c1ccc(-c2cn(CCNc3ncnc4[nH]ccc34)nn2)cc1. The van der Waals surface area contributed by atoms with Crippen LogP contribution in [0.1, 0.15) is 0 Å². The average molecular weight is 305 g/mol. The Morgan fingerprint density at radius 1 is 1.09 bits per heavy atom. The third kappa shape index (κ3) is 2.76. The van der Waals surface area contributed by atoms with Gasteiger partial charge in [0.15, 0.2) is 0 Å². The first-order valence-electron chi connectivity index (χ1n) is 7.38. The lowest BCUT2D eigenvalue weighted by atomic mass is 10.2. The topological polar surface area (TPSA) is 84.3 Å². The third-order valence-electron chi connectivity index (χ3n) is 3.60. The highest BCUT2D eigenvalue weighted by atomic mass is 15.4. The number of hydrogen-bond acceptors (Lipinski definition) is 5. The van der Waals surface area contributed by atoms with Crippen LogP contribution in [0.2, 0.25) is 0 Å². The largest absolute Gasteiger partial charge is 0.368 e. The fraction of sp³-hybridized carbons (Fsp3) is 0.125. The summed E-state index contributed by atoms with van der Waals surface area (Å²) in [5.41, 5.74) is 2.77. The van der Waals surface area contributed by atoms with Gasteiger partial charge in [-0.15, -0.1) is 5.10 Å². The summed E-state index contributed by atoms with van der Waals surface area (Å²) in [6, 6.07) is 12.0. The molecule has 3 aromatic heterocycles. The van der Waals surface area contributed by atoms with E-state index in [1.807, 2.05) is 53.5 Å². The van der Waals surface area contributed by atoms with Gasteiger partial charge in [-0.3, -0.25) is 4.68 Å². The second-order valence-electron chi connectivity index (χ2n) is 5.12. The van der Waals surface area contributed by atoms with Gasteiger partial charge in [-0.1, -0.05) is 35.5 Å². The zero-order valence-corrected chi connectivity index (χ0v) is 12.3. The van der Waals surface area contributed by atoms with E-state index in [1.165, 1.54) is 0 Å². The van der Waals surface area contributed by atoms with Crippen LogP contribution in [0.4, 0.5) is 5.82 Å². The number of aromatic nitrogens is 6. The zero-order valence-electron chi connectivity index (χ0n) is 12.3. The summed E-state index contributed by atoms with van der Waals surface area (Å²) < 4.78 is 1.82. The monoisotopic (exact) mass is 305 g/mol. The molecule has 4 aromatic rings. The number of fused-ring (bicyclic) bond motifs is 1. The lowest BCUT2D eigenvalue weighted by Crippen LogP contribution is -2.12. The van der Waals surface area contributed by atoms with Crippen LogP contribution in [0.15, 0.2) is 55.1 Å². The van der Waals surface area contributed by atoms with Gasteiger partial charge < -0.3 is 10.3 Å². The van der Waals surface area contributed by atoms with Crippen molar-refractivity contribution in [2.24, 2.45) is 0 Å². The fourth-order valence-corrected chi connectivity index (χ4v) is 2.45. The van der Waals surface area contributed by atoms with E-state index < -0.39 is 0 Å². The summed E-state index contributed by atoms with van der Waals surface area (Å²) in [6.45, 7) is 1.41. The van der Waals surface area contributed by atoms with Gasteiger partial charge in [0, 0.05) is 18.3 Å². The molecule has 7 heteroatoms. The van der Waals surface area contributed by atoms with Crippen LogP contribution < -0.4 is 5.32 Å². The number of H-pyrrole nitrogens is 1. The molecule has 0 aliphatic rings.